The Morgan fingerprint density at radius 2 is 1.96 bits per heavy atom. The van der Waals surface area contributed by atoms with Crippen LogP contribution < -0.4 is 20.1 Å². The first kappa shape index (κ1) is 17.9. The van der Waals surface area contributed by atoms with Crippen molar-refractivity contribution in [2.45, 2.75) is 12.7 Å². The van der Waals surface area contributed by atoms with E-state index in [2.05, 4.69) is 25.1 Å². The van der Waals surface area contributed by atoms with E-state index < -0.39 is 18.1 Å². The van der Waals surface area contributed by atoms with Crippen LogP contribution in [0.2, 0.25) is 0 Å². The zero-order chi connectivity index (χ0) is 19.7. The smallest absolute Gasteiger partial charge is 0.459 e. The maximum absolute atomic E-state index is 13.0. The average molecular weight is 407 g/mol. The summed E-state index contributed by atoms with van der Waals surface area (Å²) in [6.45, 7) is 0. The van der Waals surface area contributed by atoms with Gasteiger partial charge in [0.25, 0.3) is 5.91 Å². The standard InChI is InChI=1S/C17H11F2N3O5S/c18-17(19)26-11-4-3-9(6-13(11)27-17)20-14(23)7-10-8-28-16(21-10)22-15(24)12-2-1-5-25-12/h1-6,8H,7H2,(H,20,23)(H,21,22,24). The number of hydrogen-bond donors (Lipinski definition) is 2. The lowest BCUT2D eigenvalue weighted by Crippen LogP contribution is -2.25. The largest absolute Gasteiger partial charge is 0.586 e. The first-order valence-corrected chi connectivity index (χ1v) is 8.75. The summed E-state index contributed by atoms with van der Waals surface area (Å²) in [6, 6.07) is 7.03. The molecule has 0 atom stereocenters. The second-order valence-electron chi connectivity index (χ2n) is 5.63. The van der Waals surface area contributed by atoms with Gasteiger partial charge in [-0.05, 0) is 24.3 Å². The lowest BCUT2D eigenvalue weighted by molar-refractivity contribution is -0.286. The second kappa shape index (κ2) is 6.93. The first-order valence-electron chi connectivity index (χ1n) is 7.87. The molecule has 4 rings (SSSR count). The van der Waals surface area contributed by atoms with Crippen LogP contribution in [-0.4, -0.2) is 23.1 Å². The van der Waals surface area contributed by atoms with Gasteiger partial charge in [-0.2, -0.15) is 0 Å². The Kier molecular flexibility index (Phi) is 4.43. The van der Waals surface area contributed by atoms with Crippen LogP contribution in [0.25, 0.3) is 0 Å². The van der Waals surface area contributed by atoms with Crippen molar-refractivity contribution < 1.29 is 32.3 Å². The molecule has 0 fully saturated rings. The van der Waals surface area contributed by atoms with E-state index in [1.807, 2.05) is 0 Å². The molecule has 144 valence electrons. The number of nitrogens with zero attached hydrogens (tertiary/aromatic N) is 1. The quantitative estimate of drug-likeness (QED) is 0.671. The first-order chi connectivity index (χ1) is 13.4. The maximum Gasteiger partial charge on any atom is 0.586 e. The van der Waals surface area contributed by atoms with E-state index in [0.717, 1.165) is 11.3 Å². The van der Waals surface area contributed by atoms with Gasteiger partial charge in [0.05, 0.1) is 18.4 Å². The van der Waals surface area contributed by atoms with Gasteiger partial charge in [-0.15, -0.1) is 20.1 Å². The summed E-state index contributed by atoms with van der Waals surface area (Å²) in [6.07, 6.45) is -2.41. The van der Waals surface area contributed by atoms with Crippen LogP contribution in [0.15, 0.2) is 46.4 Å². The number of aromatic nitrogens is 1. The Morgan fingerprint density at radius 3 is 2.75 bits per heavy atom. The van der Waals surface area contributed by atoms with E-state index >= 15 is 0 Å². The monoisotopic (exact) mass is 407 g/mol. The predicted molar refractivity (Wildman–Crippen MR) is 93.8 cm³/mol. The molecule has 1 aromatic carbocycles. The number of fused-ring (bicyclic) bond motifs is 1. The molecule has 3 aromatic rings. The third-order valence-electron chi connectivity index (χ3n) is 3.54. The van der Waals surface area contributed by atoms with Gasteiger partial charge in [-0.25, -0.2) is 4.98 Å². The Labute approximate surface area is 160 Å². The molecule has 0 bridgehead atoms. The molecule has 28 heavy (non-hydrogen) atoms. The Morgan fingerprint density at radius 1 is 1.14 bits per heavy atom. The van der Waals surface area contributed by atoms with Crippen LogP contribution in [-0.2, 0) is 11.2 Å². The third-order valence-corrected chi connectivity index (χ3v) is 4.35. The molecule has 0 saturated carbocycles. The third kappa shape index (κ3) is 3.93. The van der Waals surface area contributed by atoms with Gasteiger partial charge in [-0.3, -0.25) is 14.9 Å². The highest BCUT2D eigenvalue weighted by molar-refractivity contribution is 7.14. The molecule has 1 aliphatic heterocycles. The molecular weight excluding hydrogens is 396 g/mol. The Balaban J connectivity index is 1.35. The van der Waals surface area contributed by atoms with E-state index in [-0.39, 0.29) is 29.4 Å². The highest BCUT2D eigenvalue weighted by atomic mass is 32.1. The number of carbonyl (C=O) groups is 2. The Hall–Kier alpha value is -3.47. The number of anilines is 2. The van der Waals surface area contributed by atoms with Crippen LogP contribution >= 0.6 is 11.3 Å². The molecule has 2 N–H and O–H groups in total. The minimum absolute atomic E-state index is 0.0717. The summed E-state index contributed by atoms with van der Waals surface area (Å²) in [4.78, 5) is 28.2. The molecule has 0 unspecified atom stereocenters. The van der Waals surface area contributed by atoms with Crippen molar-refractivity contribution in [2.75, 3.05) is 10.6 Å². The van der Waals surface area contributed by atoms with Crippen molar-refractivity contribution in [3.63, 3.8) is 0 Å². The van der Waals surface area contributed by atoms with E-state index in [0.29, 0.717) is 10.8 Å². The van der Waals surface area contributed by atoms with Crippen LogP contribution in [0.4, 0.5) is 19.6 Å². The number of benzene rings is 1. The second-order valence-corrected chi connectivity index (χ2v) is 6.49. The van der Waals surface area contributed by atoms with Gasteiger partial charge in [0.2, 0.25) is 5.91 Å². The van der Waals surface area contributed by atoms with Crippen molar-refractivity contribution >= 4 is 34.0 Å². The topological polar surface area (TPSA) is 103 Å². The molecule has 1 aliphatic rings. The van der Waals surface area contributed by atoms with Gasteiger partial charge < -0.3 is 19.2 Å². The minimum Gasteiger partial charge on any atom is -0.459 e. The van der Waals surface area contributed by atoms with Gasteiger partial charge >= 0.3 is 6.29 Å². The van der Waals surface area contributed by atoms with Gasteiger partial charge in [0, 0.05) is 17.1 Å². The molecule has 8 nitrogen and oxygen atoms in total. The van der Waals surface area contributed by atoms with Crippen molar-refractivity contribution in [3.8, 4) is 11.5 Å². The molecule has 2 amide bonds. The lowest BCUT2D eigenvalue weighted by atomic mass is 10.2. The van der Waals surface area contributed by atoms with Gasteiger partial charge in [0.15, 0.2) is 22.4 Å². The molecule has 0 saturated heterocycles. The summed E-state index contributed by atoms with van der Waals surface area (Å²) in [7, 11) is 0. The zero-order valence-corrected chi connectivity index (χ0v) is 14.7. The van der Waals surface area contributed by atoms with Crippen LogP contribution in [0.1, 0.15) is 16.2 Å². The number of nitrogens with one attached hydrogen (secondary N) is 2. The fourth-order valence-electron chi connectivity index (χ4n) is 2.41. The summed E-state index contributed by atoms with van der Waals surface area (Å²) in [5.74, 6) is -1.01. The summed E-state index contributed by atoms with van der Waals surface area (Å²) in [5, 5.41) is 7.06. The number of alkyl halides is 2. The van der Waals surface area contributed by atoms with Crippen molar-refractivity contribution in [2.24, 2.45) is 0 Å². The van der Waals surface area contributed by atoms with Crippen LogP contribution in [0, 0.1) is 0 Å². The number of furan rings is 1. The van der Waals surface area contributed by atoms with Crippen LogP contribution in [0.5, 0.6) is 11.5 Å². The molecular formula is C17H11F2N3O5S. The predicted octanol–water partition coefficient (Wildman–Crippen LogP) is 3.49. The van der Waals surface area contributed by atoms with E-state index in [4.69, 9.17) is 4.42 Å². The summed E-state index contributed by atoms with van der Waals surface area (Å²) >= 11 is 1.15. The number of halogens is 2. The maximum atomic E-state index is 13.0. The number of hydrogen-bond acceptors (Lipinski definition) is 7. The van der Waals surface area contributed by atoms with Crippen molar-refractivity contribution in [1.29, 1.82) is 0 Å². The molecule has 0 spiro atoms. The number of ether oxygens (including phenoxy) is 2. The zero-order valence-electron chi connectivity index (χ0n) is 13.9. The Bertz CT molecular complexity index is 1040. The van der Waals surface area contributed by atoms with Gasteiger partial charge in [-0.1, -0.05) is 0 Å². The fraction of sp³-hybridized carbons (Fsp3) is 0.118. The number of rotatable bonds is 5. The minimum atomic E-state index is -3.72. The highest BCUT2D eigenvalue weighted by Crippen LogP contribution is 2.42. The van der Waals surface area contributed by atoms with Crippen LogP contribution in [0.3, 0.4) is 0 Å². The van der Waals surface area contributed by atoms with Gasteiger partial charge in [0.1, 0.15) is 0 Å². The average Bonchev–Trinajstić information content (AvgIpc) is 3.33. The summed E-state index contributed by atoms with van der Waals surface area (Å²) in [5.41, 5.74) is 0.705. The van der Waals surface area contributed by atoms with Crippen molar-refractivity contribution in [1.82, 2.24) is 4.98 Å². The number of carbonyl (C=O) groups excluding carboxylic acids is 2. The fourth-order valence-corrected chi connectivity index (χ4v) is 3.11. The summed E-state index contributed by atoms with van der Waals surface area (Å²) < 4.78 is 39.7. The molecule has 0 aliphatic carbocycles. The highest BCUT2D eigenvalue weighted by Gasteiger charge is 2.43. The number of thiazole rings is 1. The molecule has 0 radical (unpaired) electrons. The van der Waals surface area contributed by atoms with Crippen molar-refractivity contribution in [3.05, 3.63) is 53.4 Å². The van der Waals surface area contributed by atoms with E-state index in [9.17, 15) is 18.4 Å². The SMILES string of the molecule is O=C(Cc1csc(NC(=O)c2ccco2)n1)Nc1ccc2c(c1)OC(F)(F)O2. The number of amides is 2. The molecule has 3 heterocycles. The molecule has 11 heteroatoms. The molecule has 2 aromatic heterocycles. The van der Waals surface area contributed by atoms with E-state index in [1.165, 1.54) is 30.5 Å². The normalized spacial score (nSPS) is 13.9. The lowest BCUT2D eigenvalue weighted by Gasteiger charge is -2.05. The van der Waals surface area contributed by atoms with E-state index in [1.54, 1.807) is 11.4 Å².